The summed E-state index contributed by atoms with van der Waals surface area (Å²) >= 11 is 0. The van der Waals surface area contributed by atoms with Crippen molar-refractivity contribution in [2.75, 3.05) is 17.6 Å². The van der Waals surface area contributed by atoms with Gasteiger partial charge in [-0.25, -0.2) is 0 Å². The minimum Gasteiger partial charge on any atom is -0.397 e. The third-order valence-electron chi connectivity index (χ3n) is 1.92. The monoisotopic (exact) mass is 164 g/mol. The predicted molar refractivity (Wildman–Crippen MR) is 54.4 cm³/mol. The number of nitrogen functional groups attached to an aromatic ring is 1. The molecular weight excluding hydrogens is 148 g/mol. The van der Waals surface area contributed by atoms with Crippen molar-refractivity contribution in [1.29, 1.82) is 0 Å². The summed E-state index contributed by atoms with van der Waals surface area (Å²) in [6.07, 6.45) is 1.02. The minimum atomic E-state index is 0.844. The van der Waals surface area contributed by atoms with Gasteiger partial charge in [0.15, 0.2) is 0 Å². The van der Waals surface area contributed by atoms with Gasteiger partial charge in [-0.1, -0.05) is 19.1 Å². The normalized spacial score (nSPS) is 9.83. The van der Waals surface area contributed by atoms with Crippen LogP contribution in [0, 0.1) is 0 Å². The molecule has 3 N–H and O–H groups in total. The van der Waals surface area contributed by atoms with Crippen LogP contribution in [0.25, 0.3) is 0 Å². The second-order valence-electron chi connectivity index (χ2n) is 2.77. The van der Waals surface area contributed by atoms with Crippen LogP contribution < -0.4 is 11.1 Å². The molecule has 2 heteroatoms. The predicted octanol–water partition coefficient (Wildman–Crippen LogP) is 2.26. The first-order chi connectivity index (χ1) is 5.79. The molecule has 0 aromatic heterocycles. The lowest BCUT2D eigenvalue weighted by Crippen LogP contribution is -2.03. The number of hydrogen-bond donors (Lipinski definition) is 2. The van der Waals surface area contributed by atoms with E-state index < -0.39 is 0 Å². The molecule has 1 aromatic carbocycles. The number of benzene rings is 1. The molecule has 0 saturated heterocycles. The molecular formula is C10H16N2. The third-order valence-corrected chi connectivity index (χ3v) is 1.92. The fraction of sp³-hybridized carbons (Fsp3) is 0.400. The molecule has 0 aliphatic rings. The number of para-hydroxylation sites is 1. The molecule has 0 heterocycles. The summed E-state index contributed by atoms with van der Waals surface area (Å²) < 4.78 is 0. The van der Waals surface area contributed by atoms with E-state index in [1.54, 1.807) is 0 Å². The van der Waals surface area contributed by atoms with Crippen molar-refractivity contribution < 1.29 is 0 Å². The number of nitrogens with one attached hydrogen (secondary N) is 1. The standard InChI is InChI=1S/C10H16N2/c1-3-8-6-5-7-9(11)10(8)12-4-2/h5-7,12H,3-4,11H2,1-2H3. The van der Waals surface area contributed by atoms with E-state index in [-0.39, 0.29) is 0 Å². The van der Waals surface area contributed by atoms with Crippen LogP contribution in [0.1, 0.15) is 19.4 Å². The van der Waals surface area contributed by atoms with Crippen LogP contribution in [0.2, 0.25) is 0 Å². The van der Waals surface area contributed by atoms with Gasteiger partial charge in [0.05, 0.1) is 11.4 Å². The van der Waals surface area contributed by atoms with Gasteiger partial charge < -0.3 is 11.1 Å². The molecule has 0 radical (unpaired) electrons. The highest BCUT2D eigenvalue weighted by molar-refractivity contribution is 5.70. The Labute approximate surface area is 73.8 Å². The Bertz CT molecular complexity index is 256. The maximum Gasteiger partial charge on any atom is 0.0606 e. The lowest BCUT2D eigenvalue weighted by atomic mass is 10.1. The average molecular weight is 164 g/mol. The Morgan fingerprint density at radius 3 is 2.67 bits per heavy atom. The number of aryl methyl sites for hydroxylation is 1. The van der Waals surface area contributed by atoms with Gasteiger partial charge >= 0.3 is 0 Å². The van der Waals surface area contributed by atoms with Crippen LogP contribution in [0.15, 0.2) is 18.2 Å². The fourth-order valence-electron chi connectivity index (χ4n) is 1.31. The third kappa shape index (κ3) is 1.70. The zero-order valence-electron chi connectivity index (χ0n) is 7.72. The number of anilines is 2. The number of hydrogen-bond acceptors (Lipinski definition) is 2. The molecule has 0 spiro atoms. The summed E-state index contributed by atoms with van der Waals surface area (Å²) in [5.74, 6) is 0. The summed E-state index contributed by atoms with van der Waals surface area (Å²) in [6, 6.07) is 6.03. The van der Waals surface area contributed by atoms with Gasteiger partial charge in [-0.15, -0.1) is 0 Å². The molecule has 0 unspecified atom stereocenters. The summed E-state index contributed by atoms with van der Waals surface area (Å²) in [7, 11) is 0. The van der Waals surface area contributed by atoms with Crippen molar-refractivity contribution in [1.82, 2.24) is 0 Å². The van der Waals surface area contributed by atoms with E-state index in [0.717, 1.165) is 24.3 Å². The van der Waals surface area contributed by atoms with E-state index in [1.807, 2.05) is 12.1 Å². The summed E-state index contributed by atoms with van der Waals surface area (Å²) in [4.78, 5) is 0. The van der Waals surface area contributed by atoms with Crippen LogP contribution in [-0.2, 0) is 6.42 Å². The van der Waals surface area contributed by atoms with Crippen molar-refractivity contribution >= 4 is 11.4 Å². The Morgan fingerprint density at radius 1 is 1.33 bits per heavy atom. The second kappa shape index (κ2) is 4.00. The Kier molecular flexibility index (Phi) is 2.97. The minimum absolute atomic E-state index is 0.844. The SMILES string of the molecule is CCNc1c(N)cccc1CC. The van der Waals surface area contributed by atoms with Gasteiger partial charge in [0, 0.05) is 6.54 Å². The first-order valence-corrected chi connectivity index (χ1v) is 4.40. The zero-order valence-corrected chi connectivity index (χ0v) is 7.72. The van der Waals surface area contributed by atoms with Crippen molar-refractivity contribution in [3.8, 4) is 0 Å². The summed E-state index contributed by atoms with van der Waals surface area (Å²) in [5, 5.41) is 3.27. The van der Waals surface area contributed by atoms with Crippen LogP contribution in [0.5, 0.6) is 0 Å². The topological polar surface area (TPSA) is 38.0 Å². The number of nitrogens with two attached hydrogens (primary N) is 1. The Balaban J connectivity index is 3.02. The van der Waals surface area contributed by atoms with Gasteiger partial charge in [0.25, 0.3) is 0 Å². The summed E-state index contributed by atoms with van der Waals surface area (Å²) in [5.41, 5.74) is 9.05. The van der Waals surface area contributed by atoms with Crippen molar-refractivity contribution in [2.45, 2.75) is 20.3 Å². The van der Waals surface area contributed by atoms with Crippen LogP contribution in [-0.4, -0.2) is 6.54 Å². The van der Waals surface area contributed by atoms with E-state index in [1.165, 1.54) is 5.56 Å². The van der Waals surface area contributed by atoms with Gasteiger partial charge in [0.2, 0.25) is 0 Å². The largest absolute Gasteiger partial charge is 0.397 e. The molecule has 0 saturated carbocycles. The highest BCUT2D eigenvalue weighted by Crippen LogP contribution is 2.23. The van der Waals surface area contributed by atoms with Crippen molar-refractivity contribution in [3.05, 3.63) is 23.8 Å². The lowest BCUT2D eigenvalue weighted by Gasteiger charge is -2.11. The molecule has 2 nitrogen and oxygen atoms in total. The molecule has 0 aliphatic carbocycles. The maximum atomic E-state index is 5.82. The van der Waals surface area contributed by atoms with E-state index in [4.69, 9.17) is 5.73 Å². The highest BCUT2D eigenvalue weighted by atomic mass is 14.9. The molecule has 1 aromatic rings. The first-order valence-electron chi connectivity index (χ1n) is 4.40. The molecule has 12 heavy (non-hydrogen) atoms. The van der Waals surface area contributed by atoms with Crippen molar-refractivity contribution in [3.63, 3.8) is 0 Å². The maximum absolute atomic E-state index is 5.82. The van der Waals surface area contributed by atoms with Gasteiger partial charge in [-0.3, -0.25) is 0 Å². The molecule has 1 rings (SSSR count). The fourth-order valence-corrected chi connectivity index (χ4v) is 1.31. The van der Waals surface area contributed by atoms with E-state index in [9.17, 15) is 0 Å². The van der Waals surface area contributed by atoms with E-state index >= 15 is 0 Å². The van der Waals surface area contributed by atoms with E-state index in [2.05, 4.69) is 25.2 Å². The second-order valence-corrected chi connectivity index (χ2v) is 2.77. The molecule has 66 valence electrons. The van der Waals surface area contributed by atoms with Crippen LogP contribution in [0.3, 0.4) is 0 Å². The lowest BCUT2D eigenvalue weighted by molar-refractivity contribution is 1.11. The van der Waals surface area contributed by atoms with Gasteiger partial charge in [-0.2, -0.15) is 0 Å². The molecule has 0 fully saturated rings. The Hall–Kier alpha value is -1.18. The van der Waals surface area contributed by atoms with Gasteiger partial charge in [-0.05, 0) is 25.0 Å². The highest BCUT2D eigenvalue weighted by Gasteiger charge is 2.01. The molecule has 0 amide bonds. The molecule has 0 atom stereocenters. The average Bonchev–Trinajstić information content (AvgIpc) is 2.09. The smallest absolute Gasteiger partial charge is 0.0606 e. The first kappa shape index (κ1) is 8.91. The van der Waals surface area contributed by atoms with E-state index in [0.29, 0.717) is 0 Å². The van der Waals surface area contributed by atoms with Crippen molar-refractivity contribution in [2.24, 2.45) is 0 Å². The molecule has 0 aliphatic heterocycles. The molecule has 0 bridgehead atoms. The summed E-state index contributed by atoms with van der Waals surface area (Å²) in [6.45, 7) is 5.13. The zero-order chi connectivity index (χ0) is 8.97. The van der Waals surface area contributed by atoms with Crippen LogP contribution in [0.4, 0.5) is 11.4 Å². The Morgan fingerprint density at radius 2 is 2.08 bits per heavy atom. The van der Waals surface area contributed by atoms with Gasteiger partial charge in [0.1, 0.15) is 0 Å². The van der Waals surface area contributed by atoms with Crippen LogP contribution >= 0.6 is 0 Å². The number of rotatable bonds is 3. The quantitative estimate of drug-likeness (QED) is 0.672.